The number of hydrogen-bond acceptors (Lipinski definition) is 4. The first kappa shape index (κ1) is 12.5. The zero-order chi connectivity index (χ0) is 12.3. The van der Waals surface area contributed by atoms with Crippen LogP contribution in [0.2, 0.25) is 10.0 Å². The van der Waals surface area contributed by atoms with Crippen molar-refractivity contribution in [3.05, 3.63) is 26.6 Å². The van der Waals surface area contributed by atoms with Crippen LogP contribution in [0.5, 0.6) is 0 Å². The van der Waals surface area contributed by atoms with Crippen molar-refractivity contribution in [2.75, 3.05) is 0 Å². The maximum absolute atomic E-state index is 11.4. The Morgan fingerprint density at radius 1 is 1.50 bits per heavy atom. The Hall–Kier alpha value is -1.60. The first-order chi connectivity index (χ1) is 7.41. The van der Waals surface area contributed by atoms with E-state index >= 15 is 0 Å². The van der Waals surface area contributed by atoms with Gasteiger partial charge in [-0.15, -0.1) is 0 Å². The molecule has 0 aliphatic carbocycles. The molecule has 3 amide bonds. The van der Waals surface area contributed by atoms with E-state index in [1.165, 1.54) is 0 Å². The fraction of sp³-hybridized carbons (Fsp3) is 0.143. The van der Waals surface area contributed by atoms with Gasteiger partial charge in [-0.1, -0.05) is 23.2 Å². The lowest BCUT2D eigenvalue weighted by Gasteiger charge is -2.04. The third kappa shape index (κ3) is 2.94. The summed E-state index contributed by atoms with van der Waals surface area (Å²) < 4.78 is 0.756. The number of primary amides is 1. The third-order valence-electron chi connectivity index (χ3n) is 1.50. The van der Waals surface area contributed by atoms with Crippen molar-refractivity contribution >= 4 is 35.1 Å². The van der Waals surface area contributed by atoms with E-state index in [9.17, 15) is 14.4 Å². The summed E-state index contributed by atoms with van der Waals surface area (Å²) in [5, 5.41) is 5.08. The summed E-state index contributed by atoms with van der Waals surface area (Å²) in [6.45, 7) is -0.474. The van der Waals surface area contributed by atoms with Crippen LogP contribution in [0.3, 0.4) is 0 Å². The number of amides is 3. The van der Waals surface area contributed by atoms with Gasteiger partial charge >= 0.3 is 6.03 Å². The summed E-state index contributed by atoms with van der Waals surface area (Å²) in [5.41, 5.74) is 3.99. The highest BCUT2D eigenvalue weighted by molar-refractivity contribution is 6.41. The van der Waals surface area contributed by atoms with E-state index in [4.69, 9.17) is 28.9 Å². The number of urea groups is 1. The highest BCUT2D eigenvalue weighted by Gasteiger charge is 2.11. The smallest absolute Gasteiger partial charge is 0.318 e. The van der Waals surface area contributed by atoms with Crippen molar-refractivity contribution in [3.63, 3.8) is 0 Å². The number of nitrogens with one attached hydrogen (secondary N) is 1. The highest BCUT2D eigenvalue weighted by Crippen LogP contribution is 2.14. The number of halogens is 2. The van der Waals surface area contributed by atoms with Crippen LogP contribution in [-0.2, 0) is 11.3 Å². The van der Waals surface area contributed by atoms with Crippen molar-refractivity contribution < 1.29 is 9.59 Å². The summed E-state index contributed by atoms with van der Waals surface area (Å²) in [6.07, 6.45) is 1.11. The standard InChI is InChI=1S/C7H6Cl2N4O3/c8-3-1-11-13(6(15)5(3)9)2-4(14)12-7(10)16/h1H,2H2,(H3,10,12,14,16). The Balaban J connectivity index is 2.91. The van der Waals surface area contributed by atoms with Crippen LogP contribution in [0, 0.1) is 0 Å². The lowest BCUT2D eigenvalue weighted by Crippen LogP contribution is -2.39. The number of carbonyl (C=O) groups is 2. The molecule has 0 spiro atoms. The predicted molar refractivity (Wildman–Crippen MR) is 56.2 cm³/mol. The number of nitrogens with two attached hydrogens (primary N) is 1. The van der Waals surface area contributed by atoms with Gasteiger partial charge in [0.25, 0.3) is 5.56 Å². The molecule has 0 saturated heterocycles. The number of nitrogens with zero attached hydrogens (tertiary/aromatic N) is 2. The molecule has 9 heteroatoms. The molecule has 0 aromatic carbocycles. The first-order valence-corrected chi connectivity index (χ1v) is 4.68. The van der Waals surface area contributed by atoms with Gasteiger partial charge in [0.05, 0.1) is 11.2 Å². The average molecular weight is 265 g/mol. The molecule has 1 aromatic heterocycles. The highest BCUT2D eigenvalue weighted by atomic mass is 35.5. The van der Waals surface area contributed by atoms with Crippen molar-refractivity contribution in [3.8, 4) is 0 Å². The van der Waals surface area contributed by atoms with E-state index in [-0.39, 0.29) is 10.0 Å². The minimum atomic E-state index is -1.02. The van der Waals surface area contributed by atoms with Crippen LogP contribution in [0.4, 0.5) is 4.79 Å². The molecule has 86 valence electrons. The molecule has 1 aromatic rings. The van der Waals surface area contributed by atoms with E-state index in [1.54, 1.807) is 5.32 Å². The number of hydrogen-bond donors (Lipinski definition) is 2. The maximum atomic E-state index is 11.4. The van der Waals surface area contributed by atoms with Crippen molar-refractivity contribution in [2.24, 2.45) is 5.73 Å². The molecule has 0 fully saturated rings. The Morgan fingerprint density at radius 3 is 2.69 bits per heavy atom. The van der Waals surface area contributed by atoms with Gasteiger partial charge in [0.1, 0.15) is 11.6 Å². The van der Waals surface area contributed by atoms with E-state index < -0.39 is 24.0 Å². The Bertz CT molecular complexity index is 499. The van der Waals surface area contributed by atoms with E-state index in [1.807, 2.05) is 0 Å². The minimum absolute atomic E-state index is 0.0155. The van der Waals surface area contributed by atoms with Crippen molar-refractivity contribution in [1.29, 1.82) is 0 Å². The molecule has 0 unspecified atom stereocenters. The second kappa shape index (κ2) is 4.95. The second-order valence-electron chi connectivity index (χ2n) is 2.68. The van der Waals surface area contributed by atoms with Gasteiger partial charge in [-0.2, -0.15) is 5.10 Å². The fourth-order valence-corrected chi connectivity index (χ4v) is 1.14. The van der Waals surface area contributed by atoms with Gasteiger partial charge in [-0.25, -0.2) is 9.48 Å². The van der Waals surface area contributed by atoms with Crippen molar-refractivity contribution in [2.45, 2.75) is 6.54 Å². The van der Waals surface area contributed by atoms with Crippen molar-refractivity contribution in [1.82, 2.24) is 15.1 Å². The fourth-order valence-electron chi connectivity index (χ4n) is 0.871. The Morgan fingerprint density at radius 2 is 2.12 bits per heavy atom. The third-order valence-corrected chi connectivity index (χ3v) is 2.25. The van der Waals surface area contributed by atoms with Crippen LogP contribution in [0.25, 0.3) is 0 Å². The van der Waals surface area contributed by atoms with Gasteiger partial charge in [0.2, 0.25) is 5.91 Å². The predicted octanol–water partition coefficient (Wildman–Crippen LogP) is -0.255. The molecule has 1 heterocycles. The van der Waals surface area contributed by atoms with Gasteiger partial charge in [0, 0.05) is 0 Å². The van der Waals surface area contributed by atoms with Gasteiger partial charge < -0.3 is 5.73 Å². The lowest BCUT2D eigenvalue weighted by molar-refractivity contribution is -0.120. The Kier molecular flexibility index (Phi) is 3.86. The van der Waals surface area contributed by atoms with Gasteiger partial charge in [-0.3, -0.25) is 14.9 Å². The molecule has 3 N–H and O–H groups in total. The lowest BCUT2D eigenvalue weighted by atomic mass is 10.5. The molecule has 0 saturated carbocycles. The maximum Gasteiger partial charge on any atom is 0.318 e. The van der Waals surface area contributed by atoms with E-state index in [0.29, 0.717) is 0 Å². The summed E-state index contributed by atoms with van der Waals surface area (Å²) in [4.78, 5) is 32.8. The number of rotatable bonds is 2. The van der Waals surface area contributed by atoms with Crippen LogP contribution >= 0.6 is 23.2 Å². The topological polar surface area (TPSA) is 107 Å². The zero-order valence-corrected chi connectivity index (χ0v) is 9.25. The monoisotopic (exact) mass is 264 g/mol. The first-order valence-electron chi connectivity index (χ1n) is 3.92. The molecule has 0 aliphatic heterocycles. The normalized spacial score (nSPS) is 9.88. The second-order valence-corrected chi connectivity index (χ2v) is 3.47. The molecule has 16 heavy (non-hydrogen) atoms. The summed E-state index contributed by atoms with van der Waals surface area (Å²) in [7, 11) is 0. The quantitative estimate of drug-likeness (QED) is 0.768. The van der Waals surface area contributed by atoms with E-state index in [2.05, 4.69) is 5.10 Å². The van der Waals surface area contributed by atoms with Crippen LogP contribution in [-0.4, -0.2) is 21.7 Å². The molecule has 0 atom stereocenters. The number of carbonyl (C=O) groups excluding carboxylic acids is 2. The number of aromatic nitrogens is 2. The van der Waals surface area contributed by atoms with Crippen LogP contribution in [0.1, 0.15) is 0 Å². The zero-order valence-electron chi connectivity index (χ0n) is 7.74. The molecule has 0 radical (unpaired) electrons. The molecule has 0 bridgehead atoms. The number of imide groups is 1. The Labute approximate surface area is 99.1 Å². The SMILES string of the molecule is NC(=O)NC(=O)Cn1ncc(Cl)c(Cl)c1=O. The molecule has 1 rings (SSSR count). The largest absolute Gasteiger partial charge is 0.351 e. The summed E-state index contributed by atoms with van der Waals surface area (Å²) in [6, 6.07) is -1.02. The molecular weight excluding hydrogens is 259 g/mol. The van der Waals surface area contributed by atoms with Gasteiger partial charge in [0.15, 0.2) is 0 Å². The summed E-state index contributed by atoms with van der Waals surface area (Å²) in [5.74, 6) is -0.777. The molecule has 7 nitrogen and oxygen atoms in total. The molecule has 0 aliphatic rings. The van der Waals surface area contributed by atoms with E-state index in [0.717, 1.165) is 10.9 Å². The minimum Gasteiger partial charge on any atom is -0.351 e. The summed E-state index contributed by atoms with van der Waals surface area (Å²) >= 11 is 11.1. The molecular formula is C7H6Cl2N4O3. The van der Waals surface area contributed by atoms with Crippen LogP contribution < -0.4 is 16.6 Å². The van der Waals surface area contributed by atoms with Crippen LogP contribution in [0.15, 0.2) is 11.0 Å². The average Bonchev–Trinajstić information content (AvgIpc) is 2.18. The van der Waals surface area contributed by atoms with Gasteiger partial charge in [-0.05, 0) is 0 Å².